The van der Waals surface area contributed by atoms with E-state index in [0.29, 0.717) is 25.6 Å². The second-order valence-electron chi connectivity index (χ2n) is 4.18. The number of nitrogens with zero attached hydrogens (tertiary/aromatic N) is 2. The second-order valence-corrected chi connectivity index (χ2v) is 4.18. The first-order chi connectivity index (χ1) is 9.88. The molecule has 2 aromatic rings. The van der Waals surface area contributed by atoms with Gasteiger partial charge in [-0.1, -0.05) is 25.1 Å². The minimum absolute atomic E-state index is 0.569. The topological polar surface area (TPSA) is 56.3 Å². The zero-order valence-electron chi connectivity index (χ0n) is 11.6. The van der Waals surface area contributed by atoms with Gasteiger partial charge in [0, 0.05) is 6.07 Å². The molecule has 0 aliphatic carbocycles. The monoisotopic (exact) mass is 273 g/mol. The fraction of sp³-hybridized carbons (Fsp3) is 0.333. The van der Waals surface area contributed by atoms with Gasteiger partial charge in [0.2, 0.25) is 5.88 Å². The fourth-order valence-corrected chi connectivity index (χ4v) is 1.59. The molecule has 0 saturated carbocycles. The molecular weight excluding hydrogens is 254 g/mol. The van der Waals surface area contributed by atoms with Crippen molar-refractivity contribution in [3.63, 3.8) is 0 Å². The Morgan fingerprint density at radius 2 is 1.90 bits per heavy atom. The van der Waals surface area contributed by atoms with Crippen LogP contribution in [0.25, 0.3) is 0 Å². The van der Waals surface area contributed by atoms with E-state index in [1.165, 1.54) is 6.33 Å². The number of para-hydroxylation sites is 1. The molecule has 0 amide bonds. The van der Waals surface area contributed by atoms with Crippen molar-refractivity contribution in [3.05, 3.63) is 42.7 Å². The van der Waals surface area contributed by atoms with Gasteiger partial charge < -0.3 is 14.8 Å². The summed E-state index contributed by atoms with van der Waals surface area (Å²) in [4.78, 5) is 8.18. The minimum atomic E-state index is 0.569. The van der Waals surface area contributed by atoms with Gasteiger partial charge in [-0.25, -0.2) is 9.97 Å². The van der Waals surface area contributed by atoms with Crippen molar-refractivity contribution >= 4 is 5.82 Å². The molecule has 0 spiro atoms. The highest BCUT2D eigenvalue weighted by Crippen LogP contribution is 2.11. The van der Waals surface area contributed by atoms with E-state index in [0.717, 1.165) is 18.0 Å². The Labute approximate surface area is 119 Å². The van der Waals surface area contributed by atoms with Crippen molar-refractivity contribution < 1.29 is 9.47 Å². The Kier molecular flexibility index (Phi) is 5.64. The van der Waals surface area contributed by atoms with Crippen LogP contribution in [0.15, 0.2) is 42.7 Å². The normalized spacial score (nSPS) is 10.1. The van der Waals surface area contributed by atoms with E-state index >= 15 is 0 Å². The highest BCUT2D eigenvalue weighted by molar-refractivity contribution is 5.36. The molecule has 0 radical (unpaired) electrons. The van der Waals surface area contributed by atoms with E-state index in [-0.39, 0.29) is 0 Å². The summed E-state index contributed by atoms with van der Waals surface area (Å²) in [7, 11) is 0. The molecule has 1 N–H and O–H groups in total. The number of rotatable bonds is 8. The summed E-state index contributed by atoms with van der Waals surface area (Å²) < 4.78 is 11.0. The molecule has 2 rings (SSSR count). The summed E-state index contributed by atoms with van der Waals surface area (Å²) in [6.45, 7) is 3.95. The summed E-state index contributed by atoms with van der Waals surface area (Å²) in [6, 6.07) is 11.5. The van der Waals surface area contributed by atoms with Gasteiger partial charge in [-0.05, 0) is 18.6 Å². The molecule has 5 nitrogen and oxygen atoms in total. The number of nitrogens with one attached hydrogen (secondary N) is 1. The zero-order chi connectivity index (χ0) is 14.0. The van der Waals surface area contributed by atoms with E-state index in [1.54, 1.807) is 6.07 Å². The molecule has 1 aromatic heterocycles. The van der Waals surface area contributed by atoms with Gasteiger partial charge in [0.05, 0.1) is 13.2 Å². The molecule has 1 heterocycles. The predicted octanol–water partition coefficient (Wildman–Crippen LogP) is 2.76. The molecule has 106 valence electrons. The highest BCUT2D eigenvalue weighted by Gasteiger charge is 1.99. The Morgan fingerprint density at radius 3 is 2.70 bits per heavy atom. The average molecular weight is 273 g/mol. The molecule has 20 heavy (non-hydrogen) atoms. The van der Waals surface area contributed by atoms with Crippen LogP contribution >= 0.6 is 0 Å². The Hall–Kier alpha value is -2.30. The van der Waals surface area contributed by atoms with Gasteiger partial charge in [0.25, 0.3) is 0 Å². The van der Waals surface area contributed by atoms with E-state index in [9.17, 15) is 0 Å². The number of anilines is 1. The summed E-state index contributed by atoms with van der Waals surface area (Å²) >= 11 is 0. The third kappa shape index (κ3) is 4.76. The van der Waals surface area contributed by atoms with Gasteiger partial charge in [0.1, 0.15) is 24.5 Å². The van der Waals surface area contributed by atoms with Gasteiger partial charge in [-0.3, -0.25) is 0 Å². The van der Waals surface area contributed by atoms with Crippen molar-refractivity contribution in [2.24, 2.45) is 0 Å². The molecule has 0 fully saturated rings. The third-order valence-corrected chi connectivity index (χ3v) is 2.52. The number of aromatic nitrogens is 2. The molecule has 0 saturated heterocycles. The lowest BCUT2D eigenvalue weighted by Crippen LogP contribution is -2.12. The maximum Gasteiger partial charge on any atom is 0.218 e. The SMILES string of the molecule is CCCOc1cc(NCCOc2ccccc2)ncn1. The molecule has 5 heteroatoms. The van der Waals surface area contributed by atoms with Crippen LogP contribution in [0, 0.1) is 0 Å². The van der Waals surface area contributed by atoms with Crippen LogP contribution in [0.3, 0.4) is 0 Å². The number of ether oxygens (including phenoxy) is 2. The van der Waals surface area contributed by atoms with Crippen LogP contribution in [0.5, 0.6) is 11.6 Å². The van der Waals surface area contributed by atoms with Gasteiger partial charge >= 0.3 is 0 Å². The standard InChI is InChI=1S/C15H19N3O2/c1-2-9-20-15-11-14(17-12-18-15)16-8-10-19-13-6-4-3-5-7-13/h3-7,11-12H,2,8-10H2,1H3,(H,16,17,18). The molecule has 0 aliphatic rings. The van der Waals surface area contributed by atoms with Crippen LogP contribution in [0.2, 0.25) is 0 Å². The number of hydrogen-bond donors (Lipinski definition) is 1. The Morgan fingerprint density at radius 1 is 1.05 bits per heavy atom. The fourth-order valence-electron chi connectivity index (χ4n) is 1.59. The Bertz CT molecular complexity index is 505. The molecule has 0 bridgehead atoms. The molecular formula is C15H19N3O2. The second kappa shape index (κ2) is 7.99. The smallest absolute Gasteiger partial charge is 0.218 e. The van der Waals surface area contributed by atoms with E-state index in [4.69, 9.17) is 9.47 Å². The molecule has 0 unspecified atom stereocenters. The van der Waals surface area contributed by atoms with Crippen LogP contribution in [-0.2, 0) is 0 Å². The van der Waals surface area contributed by atoms with Gasteiger partial charge in [-0.2, -0.15) is 0 Å². The first-order valence-corrected chi connectivity index (χ1v) is 6.75. The van der Waals surface area contributed by atoms with Crippen molar-refractivity contribution in [1.29, 1.82) is 0 Å². The van der Waals surface area contributed by atoms with Crippen LogP contribution in [-0.4, -0.2) is 29.7 Å². The highest BCUT2D eigenvalue weighted by atomic mass is 16.5. The largest absolute Gasteiger partial charge is 0.492 e. The van der Waals surface area contributed by atoms with Crippen molar-refractivity contribution in [2.75, 3.05) is 25.1 Å². The molecule has 1 aromatic carbocycles. The lowest BCUT2D eigenvalue weighted by Gasteiger charge is -2.09. The third-order valence-electron chi connectivity index (χ3n) is 2.52. The van der Waals surface area contributed by atoms with Gasteiger partial charge in [0.15, 0.2) is 0 Å². The summed E-state index contributed by atoms with van der Waals surface area (Å²) in [5, 5.41) is 3.18. The Balaban J connectivity index is 1.73. The van der Waals surface area contributed by atoms with Crippen molar-refractivity contribution in [1.82, 2.24) is 9.97 Å². The van der Waals surface area contributed by atoms with Gasteiger partial charge in [-0.15, -0.1) is 0 Å². The van der Waals surface area contributed by atoms with Crippen molar-refractivity contribution in [3.8, 4) is 11.6 Å². The van der Waals surface area contributed by atoms with Crippen molar-refractivity contribution in [2.45, 2.75) is 13.3 Å². The van der Waals surface area contributed by atoms with Crippen LogP contribution < -0.4 is 14.8 Å². The average Bonchev–Trinajstić information content (AvgIpc) is 2.51. The zero-order valence-corrected chi connectivity index (χ0v) is 11.6. The molecule has 0 aliphatic heterocycles. The summed E-state index contributed by atoms with van der Waals surface area (Å²) in [5.41, 5.74) is 0. The van der Waals surface area contributed by atoms with E-state index in [2.05, 4.69) is 22.2 Å². The first-order valence-electron chi connectivity index (χ1n) is 6.75. The quantitative estimate of drug-likeness (QED) is 0.749. The predicted molar refractivity (Wildman–Crippen MR) is 78.2 cm³/mol. The first kappa shape index (κ1) is 14.1. The van der Waals surface area contributed by atoms with E-state index in [1.807, 2.05) is 30.3 Å². The number of hydrogen-bond acceptors (Lipinski definition) is 5. The minimum Gasteiger partial charge on any atom is -0.492 e. The lowest BCUT2D eigenvalue weighted by molar-refractivity contribution is 0.304. The van der Waals surface area contributed by atoms with Crippen LogP contribution in [0.1, 0.15) is 13.3 Å². The maximum absolute atomic E-state index is 5.59. The summed E-state index contributed by atoms with van der Waals surface area (Å²) in [6.07, 6.45) is 2.45. The number of benzene rings is 1. The maximum atomic E-state index is 5.59. The van der Waals surface area contributed by atoms with Crippen LogP contribution in [0.4, 0.5) is 5.82 Å². The molecule has 0 atom stereocenters. The van der Waals surface area contributed by atoms with E-state index < -0.39 is 0 Å². The lowest BCUT2D eigenvalue weighted by atomic mass is 10.3. The summed E-state index contributed by atoms with van der Waals surface area (Å²) in [5.74, 6) is 2.19.